The zero-order valence-corrected chi connectivity index (χ0v) is 14.6. The predicted octanol–water partition coefficient (Wildman–Crippen LogP) is 3.13. The Morgan fingerprint density at radius 1 is 1.18 bits per heavy atom. The van der Waals surface area contributed by atoms with E-state index in [1.54, 1.807) is 14.0 Å². The third-order valence-corrected chi connectivity index (χ3v) is 3.74. The van der Waals surface area contributed by atoms with Gasteiger partial charge in [0.2, 0.25) is 0 Å². The van der Waals surface area contributed by atoms with Gasteiger partial charge in [-0.3, -0.25) is 4.79 Å². The van der Waals surface area contributed by atoms with Crippen LogP contribution in [-0.4, -0.2) is 38.9 Å². The summed E-state index contributed by atoms with van der Waals surface area (Å²) in [6.07, 6.45) is 2.11. The van der Waals surface area contributed by atoms with E-state index >= 15 is 0 Å². The molecule has 0 bridgehead atoms. The Hall–Kier alpha value is -1.36. The van der Waals surface area contributed by atoms with Gasteiger partial charge >= 0.3 is 11.9 Å². The Bertz CT molecular complexity index is 377. The number of rotatable bonds is 11. The number of carbonyl (C=O) groups is 2. The molecule has 0 heterocycles. The molecule has 0 aliphatic rings. The van der Waals surface area contributed by atoms with Crippen molar-refractivity contribution in [2.24, 2.45) is 11.3 Å². The number of hydrogen-bond donors (Lipinski definition) is 0. The van der Waals surface area contributed by atoms with Crippen LogP contribution in [0.4, 0.5) is 0 Å². The number of methoxy groups -OCH3 is 1. The first kappa shape index (κ1) is 20.6. The van der Waals surface area contributed by atoms with Crippen LogP contribution in [0, 0.1) is 11.3 Å². The van der Waals surface area contributed by atoms with Gasteiger partial charge in [0.25, 0.3) is 0 Å². The molecule has 0 rings (SSSR count). The second kappa shape index (κ2) is 10.4. The van der Waals surface area contributed by atoms with Gasteiger partial charge in [0, 0.05) is 12.7 Å². The largest absolute Gasteiger partial charge is 0.463 e. The van der Waals surface area contributed by atoms with Gasteiger partial charge in [-0.1, -0.05) is 26.8 Å². The van der Waals surface area contributed by atoms with Crippen molar-refractivity contribution in [3.8, 4) is 0 Å². The zero-order valence-electron chi connectivity index (χ0n) is 14.6. The first-order valence-corrected chi connectivity index (χ1v) is 7.75. The molecule has 2 unspecified atom stereocenters. The van der Waals surface area contributed by atoms with E-state index in [1.807, 2.05) is 6.92 Å². The summed E-state index contributed by atoms with van der Waals surface area (Å²) in [5.74, 6) is -0.313. The van der Waals surface area contributed by atoms with Crippen LogP contribution in [0.5, 0.6) is 0 Å². The second-order valence-corrected chi connectivity index (χ2v) is 6.07. The molecule has 0 aromatic carbocycles. The first-order valence-electron chi connectivity index (χ1n) is 7.75. The molecule has 128 valence electrons. The van der Waals surface area contributed by atoms with E-state index in [-0.39, 0.29) is 19.2 Å². The third kappa shape index (κ3) is 7.59. The van der Waals surface area contributed by atoms with Crippen molar-refractivity contribution in [2.75, 3.05) is 26.9 Å². The van der Waals surface area contributed by atoms with Crippen LogP contribution in [0.25, 0.3) is 0 Å². The van der Waals surface area contributed by atoms with Crippen LogP contribution in [0.3, 0.4) is 0 Å². The van der Waals surface area contributed by atoms with Crippen LogP contribution in [0.15, 0.2) is 12.2 Å². The van der Waals surface area contributed by atoms with E-state index in [1.165, 1.54) is 0 Å². The van der Waals surface area contributed by atoms with Crippen LogP contribution < -0.4 is 0 Å². The maximum Gasteiger partial charge on any atom is 0.333 e. The maximum atomic E-state index is 12.4. The lowest BCUT2D eigenvalue weighted by Crippen LogP contribution is -2.34. The fourth-order valence-electron chi connectivity index (χ4n) is 2.09. The smallest absolute Gasteiger partial charge is 0.333 e. The van der Waals surface area contributed by atoms with E-state index in [0.717, 1.165) is 6.42 Å². The molecule has 5 nitrogen and oxygen atoms in total. The summed E-state index contributed by atoms with van der Waals surface area (Å²) in [7, 11) is 1.56. The van der Waals surface area contributed by atoms with E-state index in [0.29, 0.717) is 30.9 Å². The average Bonchev–Trinajstić information content (AvgIpc) is 2.46. The van der Waals surface area contributed by atoms with Gasteiger partial charge in [0.05, 0.1) is 18.6 Å². The fourth-order valence-corrected chi connectivity index (χ4v) is 2.09. The third-order valence-electron chi connectivity index (χ3n) is 3.74. The van der Waals surface area contributed by atoms with Crippen molar-refractivity contribution in [1.82, 2.24) is 0 Å². The quantitative estimate of drug-likeness (QED) is 0.333. The number of hydrogen-bond acceptors (Lipinski definition) is 5. The monoisotopic (exact) mass is 314 g/mol. The Balaban J connectivity index is 4.67. The van der Waals surface area contributed by atoms with Gasteiger partial charge in [0.1, 0.15) is 6.61 Å². The molecule has 0 N–H and O–H groups in total. The van der Waals surface area contributed by atoms with Gasteiger partial charge in [-0.25, -0.2) is 4.79 Å². The fraction of sp³-hybridized carbons (Fsp3) is 0.765. The Kier molecular flexibility index (Phi) is 9.74. The van der Waals surface area contributed by atoms with Crippen molar-refractivity contribution >= 4 is 11.9 Å². The van der Waals surface area contributed by atoms with E-state index in [9.17, 15) is 9.59 Å². The summed E-state index contributed by atoms with van der Waals surface area (Å²) < 4.78 is 15.3. The molecule has 0 aliphatic heterocycles. The highest BCUT2D eigenvalue weighted by molar-refractivity contribution is 5.86. The summed E-state index contributed by atoms with van der Waals surface area (Å²) in [5, 5.41) is 0. The molecule has 0 fully saturated rings. The van der Waals surface area contributed by atoms with Crippen molar-refractivity contribution in [1.29, 1.82) is 0 Å². The normalized spacial score (nSPS) is 14.8. The van der Waals surface area contributed by atoms with Gasteiger partial charge in [-0.05, 0) is 32.6 Å². The molecular weight excluding hydrogens is 284 g/mol. The van der Waals surface area contributed by atoms with Gasteiger partial charge in [-0.2, -0.15) is 0 Å². The van der Waals surface area contributed by atoms with E-state index in [2.05, 4.69) is 20.4 Å². The maximum absolute atomic E-state index is 12.4. The summed E-state index contributed by atoms with van der Waals surface area (Å²) >= 11 is 0. The minimum atomic E-state index is -0.668. The number of esters is 2. The molecule has 5 heteroatoms. The lowest BCUT2D eigenvalue weighted by Gasteiger charge is -2.29. The molecule has 0 amide bonds. The summed E-state index contributed by atoms with van der Waals surface area (Å²) in [6.45, 7) is 12.0. The number of ether oxygens (including phenoxy) is 3. The molecule has 0 aromatic heterocycles. The lowest BCUT2D eigenvalue weighted by atomic mass is 9.78. The average molecular weight is 314 g/mol. The van der Waals surface area contributed by atoms with Crippen molar-refractivity contribution in [2.45, 2.75) is 47.0 Å². The van der Waals surface area contributed by atoms with Crippen molar-refractivity contribution in [3.63, 3.8) is 0 Å². The minimum absolute atomic E-state index is 0.179. The highest BCUT2D eigenvalue weighted by Gasteiger charge is 2.36. The SMILES string of the molecule is C=C(C)C(=O)OCCC(C)(CC(C)CC)C(=O)OCCOC. The standard InChI is InChI=1S/C17H30O5/c1-7-14(4)12-17(5,16(19)22-11-10-20-6)8-9-21-15(18)13(2)3/h14H,2,7-12H2,1,3-6H3. The molecule has 0 spiro atoms. The molecule has 2 atom stereocenters. The molecule has 0 aromatic rings. The van der Waals surface area contributed by atoms with Gasteiger partial charge in [0.15, 0.2) is 0 Å². The lowest BCUT2D eigenvalue weighted by molar-refractivity contribution is -0.160. The van der Waals surface area contributed by atoms with Gasteiger partial charge < -0.3 is 14.2 Å². The number of carbonyl (C=O) groups excluding carboxylic acids is 2. The van der Waals surface area contributed by atoms with Crippen LogP contribution in [-0.2, 0) is 23.8 Å². The minimum Gasteiger partial charge on any atom is -0.463 e. The van der Waals surface area contributed by atoms with Crippen LogP contribution in [0.1, 0.15) is 47.0 Å². The molecule has 0 saturated heterocycles. The van der Waals surface area contributed by atoms with Gasteiger partial charge in [-0.15, -0.1) is 0 Å². The highest BCUT2D eigenvalue weighted by Crippen LogP contribution is 2.33. The van der Waals surface area contributed by atoms with Crippen LogP contribution in [0.2, 0.25) is 0 Å². The Morgan fingerprint density at radius 3 is 2.32 bits per heavy atom. The molecule has 0 aliphatic carbocycles. The highest BCUT2D eigenvalue weighted by atomic mass is 16.6. The molecular formula is C17H30O5. The first-order chi connectivity index (χ1) is 10.3. The topological polar surface area (TPSA) is 61.8 Å². The zero-order chi connectivity index (χ0) is 17.2. The molecule has 0 radical (unpaired) electrons. The van der Waals surface area contributed by atoms with E-state index < -0.39 is 11.4 Å². The van der Waals surface area contributed by atoms with Crippen molar-refractivity contribution < 1.29 is 23.8 Å². The van der Waals surface area contributed by atoms with Crippen LogP contribution >= 0.6 is 0 Å². The summed E-state index contributed by atoms with van der Waals surface area (Å²) in [4.78, 5) is 23.8. The summed E-state index contributed by atoms with van der Waals surface area (Å²) in [6, 6.07) is 0. The Morgan fingerprint density at radius 2 is 1.82 bits per heavy atom. The van der Waals surface area contributed by atoms with E-state index in [4.69, 9.17) is 14.2 Å². The summed E-state index contributed by atoms with van der Waals surface area (Å²) in [5.41, 5.74) is -0.315. The second-order valence-electron chi connectivity index (χ2n) is 6.07. The molecule has 0 saturated carbocycles. The Labute approximate surface area is 134 Å². The molecule has 22 heavy (non-hydrogen) atoms. The predicted molar refractivity (Wildman–Crippen MR) is 85.4 cm³/mol. The van der Waals surface area contributed by atoms with Crippen molar-refractivity contribution in [3.05, 3.63) is 12.2 Å².